The molecule has 9 nitrogen and oxygen atoms in total. The molecule has 2 aromatic carbocycles. The molecule has 1 N–H and O–H groups in total. The molecule has 0 spiro atoms. The number of nitrogens with zero attached hydrogens (tertiary/aromatic N) is 4. The van der Waals surface area contributed by atoms with E-state index in [2.05, 4.69) is 15.2 Å². The molecule has 2 atom stereocenters. The zero-order valence-corrected chi connectivity index (χ0v) is 26.3. The maximum atomic E-state index is 14.0. The number of ether oxygens (including phenoxy) is 1. The molecule has 232 valence electrons. The monoisotopic (exact) mass is 617 g/mol. The molecule has 1 aromatic heterocycles. The zero-order chi connectivity index (χ0) is 31.3. The van der Waals surface area contributed by atoms with E-state index in [9.17, 15) is 14.4 Å². The average Bonchev–Trinajstić information content (AvgIpc) is 3.01. The van der Waals surface area contributed by atoms with Crippen LogP contribution in [0.4, 0.5) is 4.79 Å². The molecule has 0 saturated carbocycles. The van der Waals surface area contributed by atoms with Gasteiger partial charge < -0.3 is 15.0 Å². The van der Waals surface area contributed by atoms with E-state index in [0.29, 0.717) is 44.0 Å². The van der Waals surface area contributed by atoms with Crippen molar-refractivity contribution in [1.82, 2.24) is 25.0 Å². The number of carbonyl (C=O) groups excluding carboxylic acids is 3. The van der Waals surface area contributed by atoms with Crippen molar-refractivity contribution in [3.63, 3.8) is 0 Å². The third-order valence-electron chi connectivity index (χ3n) is 7.94. The highest BCUT2D eigenvalue weighted by Crippen LogP contribution is 2.26. The summed E-state index contributed by atoms with van der Waals surface area (Å²) >= 11 is 6.12. The summed E-state index contributed by atoms with van der Waals surface area (Å²) in [6.45, 7) is 8.86. The molecule has 3 heterocycles. The van der Waals surface area contributed by atoms with Crippen molar-refractivity contribution in [2.45, 2.75) is 64.4 Å². The van der Waals surface area contributed by atoms with Crippen molar-refractivity contribution >= 4 is 29.5 Å². The van der Waals surface area contributed by atoms with Crippen molar-refractivity contribution in [1.29, 1.82) is 0 Å². The Balaban J connectivity index is 1.33. The van der Waals surface area contributed by atoms with Gasteiger partial charge in [0.1, 0.15) is 17.7 Å². The number of benzene rings is 2. The third kappa shape index (κ3) is 8.15. The summed E-state index contributed by atoms with van der Waals surface area (Å²) in [5.41, 5.74) is 3.11. The minimum absolute atomic E-state index is 0.147. The molecule has 5 rings (SSSR count). The molecule has 1 fully saturated rings. The van der Waals surface area contributed by atoms with Crippen LogP contribution >= 0.6 is 11.6 Å². The first-order valence-corrected chi connectivity index (χ1v) is 15.5. The largest absolute Gasteiger partial charge is 0.444 e. The molecular weight excluding hydrogens is 578 g/mol. The second-order valence-electron chi connectivity index (χ2n) is 12.4. The van der Waals surface area contributed by atoms with Crippen molar-refractivity contribution in [3.8, 4) is 0 Å². The first kappa shape index (κ1) is 31.5. The molecule has 1 saturated heterocycles. The van der Waals surface area contributed by atoms with Gasteiger partial charge in [0.25, 0.3) is 0 Å². The van der Waals surface area contributed by atoms with Gasteiger partial charge in [-0.15, -0.1) is 0 Å². The van der Waals surface area contributed by atoms with Crippen molar-refractivity contribution in [2.75, 3.05) is 26.2 Å². The van der Waals surface area contributed by atoms with E-state index < -0.39 is 23.8 Å². The summed E-state index contributed by atoms with van der Waals surface area (Å²) < 4.78 is 5.69. The zero-order valence-electron chi connectivity index (χ0n) is 25.5. The van der Waals surface area contributed by atoms with Gasteiger partial charge in [-0.05, 0) is 61.7 Å². The van der Waals surface area contributed by atoms with E-state index in [-0.39, 0.29) is 18.4 Å². The smallest absolute Gasteiger partial charge is 0.411 e. The Morgan fingerprint density at radius 3 is 2.30 bits per heavy atom. The van der Waals surface area contributed by atoms with Crippen LogP contribution in [0.3, 0.4) is 0 Å². The van der Waals surface area contributed by atoms with E-state index >= 15 is 0 Å². The standard InChI is InChI=1S/C34H40ClN5O4/c1-34(2,3)44-33(43)40-22-26-9-5-4-8-25(26)21-30(40)31(41)37-29(20-24-11-13-27(35)14-12-24)32(42)39-18-16-38(17-19-39)23-28-10-6-7-15-36-28/h4-15,29-30H,16-23H2,1-3H3,(H,37,41). The Labute approximate surface area is 264 Å². The molecule has 2 aliphatic heterocycles. The van der Waals surface area contributed by atoms with Crippen LogP contribution < -0.4 is 5.32 Å². The van der Waals surface area contributed by atoms with E-state index in [1.54, 1.807) is 39.1 Å². The lowest BCUT2D eigenvalue weighted by molar-refractivity contribution is -0.139. The number of hydrogen-bond donors (Lipinski definition) is 1. The summed E-state index contributed by atoms with van der Waals surface area (Å²) in [4.78, 5) is 51.3. The summed E-state index contributed by atoms with van der Waals surface area (Å²) in [5, 5.41) is 3.64. The van der Waals surface area contributed by atoms with Gasteiger partial charge in [0.2, 0.25) is 11.8 Å². The SMILES string of the molecule is CC(C)(C)OC(=O)N1Cc2ccccc2CC1C(=O)NC(Cc1ccc(Cl)cc1)C(=O)N1CCN(Cc2ccccn2)CC1. The van der Waals surface area contributed by atoms with Crippen molar-refractivity contribution in [2.24, 2.45) is 0 Å². The lowest BCUT2D eigenvalue weighted by Gasteiger charge is -2.39. The molecule has 10 heteroatoms. The minimum atomic E-state index is -0.824. The average molecular weight is 618 g/mol. The van der Waals surface area contributed by atoms with Gasteiger partial charge in [-0.2, -0.15) is 0 Å². The van der Waals surface area contributed by atoms with E-state index in [1.807, 2.05) is 59.5 Å². The van der Waals surface area contributed by atoms with Crippen LogP contribution in [0.25, 0.3) is 0 Å². The highest BCUT2D eigenvalue weighted by molar-refractivity contribution is 6.30. The fourth-order valence-corrected chi connectivity index (χ4v) is 5.79. The van der Waals surface area contributed by atoms with E-state index in [4.69, 9.17) is 16.3 Å². The molecule has 0 radical (unpaired) electrons. The number of halogens is 1. The van der Waals surface area contributed by atoms with Crippen LogP contribution in [-0.4, -0.2) is 81.5 Å². The normalized spacial score (nSPS) is 17.9. The molecule has 3 amide bonds. The van der Waals surface area contributed by atoms with Crippen LogP contribution in [-0.2, 0) is 40.3 Å². The second-order valence-corrected chi connectivity index (χ2v) is 12.8. The van der Waals surface area contributed by atoms with Gasteiger partial charge >= 0.3 is 6.09 Å². The quantitative estimate of drug-likeness (QED) is 0.421. The predicted octanol–water partition coefficient (Wildman–Crippen LogP) is 4.47. The number of hydrogen-bond acceptors (Lipinski definition) is 6. The van der Waals surface area contributed by atoms with Gasteiger partial charge in [0.15, 0.2) is 0 Å². The maximum Gasteiger partial charge on any atom is 0.411 e. The van der Waals surface area contributed by atoms with Crippen LogP contribution in [0.15, 0.2) is 72.9 Å². The Morgan fingerprint density at radius 2 is 1.64 bits per heavy atom. The van der Waals surface area contributed by atoms with Crippen molar-refractivity contribution < 1.29 is 19.1 Å². The topological polar surface area (TPSA) is 95.1 Å². The van der Waals surface area contributed by atoms with Crippen LogP contribution in [0.5, 0.6) is 0 Å². The number of aromatic nitrogens is 1. The number of fused-ring (bicyclic) bond motifs is 1. The van der Waals surface area contributed by atoms with Crippen LogP contribution in [0.1, 0.15) is 43.2 Å². The second kappa shape index (κ2) is 13.8. The highest BCUT2D eigenvalue weighted by atomic mass is 35.5. The number of rotatable bonds is 7. The van der Waals surface area contributed by atoms with Crippen molar-refractivity contribution in [3.05, 3.63) is 100 Å². The molecular formula is C34H40ClN5O4. The Hall–Kier alpha value is -3.95. The van der Waals surface area contributed by atoms with Crippen LogP contribution in [0, 0.1) is 0 Å². The number of piperazine rings is 1. The number of amides is 3. The summed E-state index contributed by atoms with van der Waals surface area (Å²) in [6.07, 6.45) is 1.85. The lowest BCUT2D eigenvalue weighted by Crippen LogP contribution is -2.59. The number of pyridine rings is 1. The first-order valence-electron chi connectivity index (χ1n) is 15.1. The number of carbonyl (C=O) groups is 3. The van der Waals surface area contributed by atoms with E-state index in [1.165, 1.54) is 4.90 Å². The van der Waals surface area contributed by atoms with Gasteiger partial charge in [-0.25, -0.2) is 4.79 Å². The summed E-state index contributed by atoms with van der Waals surface area (Å²) in [6, 6.07) is 19.3. The summed E-state index contributed by atoms with van der Waals surface area (Å²) in [5.74, 6) is -0.530. The summed E-state index contributed by atoms with van der Waals surface area (Å²) in [7, 11) is 0. The lowest BCUT2D eigenvalue weighted by atomic mass is 9.93. The Morgan fingerprint density at radius 1 is 0.955 bits per heavy atom. The Bertz CT molecular complexity index is 1450. The Kier molecular flexibility index (Phi) is 9.86. The van der Waals surface area contributed by atoms with Gasteiger partial charge in [-0.1, -0.05) is 54.1 Å². The molecule has 0 aliphatic carbocycles. The van der Waals surface area contributed by atoms with Gasteiger partial charge in [0, 0.05) is 56.8 Å². The minimum Gasteiger partial charge on any atom is -0.444 e. The predicted molar refractivity (Wildman–Crippen MR) is 169 cm³/mol. The highest BCUT2D eigenvalue weighted by Gasteiger charge is 2.39. The fraction of sp³-hybridized carbons (Fsp3) is 0.412. The van der Waals surface area contributed by atoms with E-state index in [0.717, 1.165) is 28.9 Å². The fourth-order valence-electron chi connectivity index (χ4n) is 5.66. The third-order valence-corrected chi connectivity index (χ3v) is 8.19. The molecule has 2 aliphatic rings. The molecule has 3 aromatic rings. The molecule has 44 heavy (non-hydrogen) atoms. The maximum absolute atomic E-state index is 14.0. The first-order chi connectivity index (χ1) is 21.1. The van der Waals surface area contributed by atoms with Crippen LogP contribution in [0.2, 0.25) is 5.02 Å². The number of nitrogens with one attached hydrogen (secondary N) is 1. The van der Waals surface area contributed by atoms with Gasteiger partial charge in [0.05, 0.1) is 12.2 Å². The molecule has 2 unspecified atom stereocenters. The molecule has 0 bridgehead atoms. The van der Waals surface area contributed by atoms with Gasteiger partial charge in [-0.3, -0.25) is 24.4 Å².